The van der Waals surface area contributed by atoms with Crippen LogP contribution in [0.5, 0.6) is 0 Å². The number of anilines is 1. The summed E-state index contributed by atoms with van der Waals surface area (Å²) in [6.45, 7) is -1.31. The van der Waals surface area contributed by atoms with Crippen molar-refractivity contribution in [3.8, 4) is 11.3 Å². The van der Waals surface area contributed by atoms with Crippen LogP contribution in [0.15, 0.2) is 42.9 Å². The first-order chi connectivity index (χ1) is 13.9. The second-order valence-corrected chi connectivity index (χ2v) is 6.34. The van der Waals surface area contributed by atoms with Gasteiger partial charge < -0.3 is 5.32 Å². The zero-order chi connectivity index (χ0) is 22.1. The molecular formula is C17H10ClF6N5O. The van der Waals surface area contributed by atoms with Crippen LogP contribution < -0.4 is 5.32 Å². The second kappa shape index (κ2) is 7.94. The Balaban J connectivity index is 1.85. The smallest absolute Gasteiger partial charge is 0.320 e. The van der Waals surface area contributed by atoms with E-state index in [2.05, 4.69) is 20.4 Å². The molecule has 3 rings (SSSR count). The Labute approximate surface area is 169 Å². The SMILES string of the molecule is O=C(Nc1cc(Cl)ncc1C(F)(F)F)c1cccc(-c2cnn(CC(F)(F)F)c2)n1. The average molecular weight is 450 g/mol. The fourth-order valence-corrected chi connectivity index (χ4v) is 2.59. The van der Waals surface area contributed by atoms with Crippen LogP contribution in [0.1, 0.15) is 16.1 Å². The van der Waals surface area contributed by atoms with Crippen LogP contribution in [0.3, 0.4) is 0 Å². The highest BCUT2D eigenvalue weighted by Gasteiger charge is 2.35. The van der Waals surface area contributed by atoms with Crippen molar-refractivity contribution in [2.45, 2.75) is 18.9 Å². The molecule has 0 bridgehead atoms. The van der Waals surface area contributed by atoms with Gasteiger partial charge in [0.15, 0.2) is 0 Å². The average Bonchev–Trinajstić information content (AvgIpc) is 3.07. The van der Waals surface area contributed by atoms with E-state index < -0.39 is 36.1 Å². The zero-order valence-electron chi connectivity index (χ0n) is 14.6. The lowest BCUT2D eigenvalue weighted by Gasteiger charge is -2.13. The number of nitrogens with zero attached hydrogens (tertiary/aromatic N) is 4. The topological polar surface area (TPSA) is 72.7 Å². The number of amides is 1. The van der Waals surface area contributed by atoms with Crippen molar-refractivity contribution in [2.75, 3.05) is 5.32 Å². The molecule has 0 saturated heterocycles. The molecular weight excluding hydrogens is 440 g/mol. The third-order valence-electron chi connectivity index (χ3n) is 3.68. The van der Waals surface area contributed by atoms with Gasteiger partial charge in [0, 0.05) is 18.0 Å². The van der Waals surface area contributed by atoms with Gasteiger partial charge in [-0.15, -0.1) is 0 Å². The second-order valence-electron chi connectivity index (χ2n) is 5.95. The van der Waals surface area contributed by atoms with Gasteiger partial charge in [0.1, 0.15) is 17.4 Å². The number of halogens is 7. The molecule has 0 radical (unpaired) electrons. The van der Waals surface area contributed by atoms with Gasteiger partial charge in [-0.3, -0.25) is 9.48 Å². The first-order valence-electron chi connectivity index (χ1n) is 8.03. The first kappa shape index (κ1) is 21.6. The summed E-state index contributed by atoms with van der Waals surface area (Å²) in [4.78, 5) is 19.8. The molecule has 3 heterocycles. The van der Waals surface area contributed by atoms with E-state index in [1.807, 2.05) is 0 Å². The molecule has 0 spiro atoms. The van der Waals surface area contributed by atoms with Gasteiger partial charge in [0.2, 0.25) is 0 Å². The number of hydrogen-bond donors (Lipinski definition) is 1. The Morgan fingerprint density at radius 1 is 1.13 bits per heavy atom. The van der Waals surface area contributed by atoms with Crippen molar-refractivity contribution < 1.29 is 31.1 Å². The van der Waals surface area contributed by atoms with Gasteiger partial charge in [-0.2, -0.15) is 31.4 Å². The number of carbonyl (C=O) groups is 1. The van der Waals surface area contributed by atoms with Crippen molar-refractivity contribution in [3.05, 3.63) is 59.3 Å². The van der Waals surface area contributed by atoms with E-state index in [1.165, 1.54) is 18.2 Å². The number of hydrogen-bond acceptors (Lipinski definition) is 4. The maximum atomic E-state index is 13.1. The van der Waals surface area contributed by atoms with E-state index in [9.17, 15) is 31.1 Å². The van der Waals surface area contributed by atoms with Gasteiger partial charge >= 0.3 is 12.4 Å². The summed E-state index contributed by atoms with van der Waals surface area (Å²) in [6, 6.07) is 4.86. The van der Waals surface area contributed by atoms with Crippen LogP contribution in [0.4, 0.5) is 32.0 Å². The fourth-order valence-electron chi connectivity index (χ4n) is 2.43. The number of nitrogens with one attached hydrogen (secondary N) is 1. The van der Waals surface area contributed by atoms with Gasteiger partial charge in [-0.1, -0.05) is 17.7 Å². The highest BCUT2D eigenvalue weighted by molar-refractivity contribution is 6.29. The van der Waals surface area contributed by atoms with Gasteiger partial charge in [0.05, 0.1) is 23.1 Å². The van der Waals surface area contributed by atoms with Crippen molar-refractivity contribution in [1.82, 2.24) is 19.7 Å². The zero-order valence-corrected chi connectivity index (χ0v) is 15.3. The lowest BCUT2D eigenvalue weighted by molar-refractivity contribution is -0.142. The van der Waals surface area contributed by atoms with Crippen LogP contribution >= 0.6 is 11.6 Å². The maximum absolute atomic E-state index is 13.1. The summed E-state index contributed by atoms with van der Waals surface area (Å²) in [5.74, 6) is -0.979. The number of aromatic nitrogens is 4. The van der Waals surface area contributed by atoms with Crippen molar-refractivity contribution in [1.29, 1.82) is 0 Å². The molecule has 0 aromatic carbocycles. The summed E-state index contributed by atoms with van der Waals surface area (Å²) in [5, 5.41) is 5.39. The number of alkyl halides is 6. The van der Waals surface area contributed by atoms with Crippen LogP contribution in [0.25, 0.3) is 11.3 Å². The van der Waals surface area contributed by atoms with Gasteiger partial charge in [-0.05, 0) is 18.2 Å². The monoisotopic (exact) mass is 449 g/mol. The van der Waals surface area contributed by atoms with E-state index in [-0.39, 0.29) is 22.1 Å². The molecule has 1 N–H and O–H groups in total. The standard InChI is InChI=1S/C17H10ClF6N5O/c18-14-4-13(10(6-25-14)17(22,23)24)28-15(30)12-3-1-2-11(27-12)9-5-26-29(7-9)8-16(19,20)21/h1-7H,8H2,(H,25,28,30). The molecule has 0 aliphatic heterocycles. The molecule has 3 aromatic heterocycles. The molecule has 0 aliphatic rings. The summed E-state index contributed by atoms with van der Waals surface area (Å²) >= 11 is 5.62. The van der Waals surface area contributed by atoms with E-state index in [0.717, 1.165) is 18.5 Å². The normalized spacial score (nSPS) is 12.1. The van der Waals surface area contributed by atoms with E-state index in [4.69, 9.17) is 11.6 Å². The molecule has 13 heteroatoms. The Bertz CT molecular complexity index is 1080. The van der Waals surface area contributed by atoms with Crippen LogP contribution in [0, 0.1) is 0 Å². The lowest BCUT2D eigenvalue weighted by atomic mass is 10.2. The minimum atomic E-state index is -4.79. The van der Waals surface area contributed by atoms with Crippen LogP contribution in [-0.4, -0.2) is 31.8 Å². The predicted molar refractivity (Wildman–Crippen MR) is 93.7 cm³/mol. The van der Waals surface area contributed by atoms with Crippen LogP contribution in [-0.2, 0) is 12.7 Å². The van der Waals surface area contributed by atoms with Crippen LogP contribution in [0.2, 0.25) is 5.15 Å². The van der Waals surface area contributed by atoms with Crippen molar-refractivity contribution in [3.63, 3.8) is 0 Å². The first-order valence-corrected chi connectivity index (χ1v) is 8.41. The number of rotatable bonds is 4. The molecule has 0 saturated carbocycles. The minimum absolute atomic E-state index is 0.111. The summed E-state index contributed by atoms with van der Waals surface area (Å²) in [5.41, 5.74) is -1.78. The van der Waals surface area contributed by atoms with E-state index in [1.54, 1.807) is 0 Å². The Kier molecular flexibility index (Phi) is 5.70. The number of pyridine rings is 2. The van der Waals surface area contributed by atoms with Crippen molar-refractivity contribution >= 4 is 23.2 Å². The third kappa shape index (κ3) is 5.26. The molecule has 0 fully saturated rings. The Morgan fingerprint density at radius 2 is 1.87 bits per heavy atom. The molecule has 1 amide bonds. The molecule has 6 nitrogen and oxygen atoms in total. The van der Waals surface area contributed by atoms with Gasteiger partial charge in [0.25, 0.3) is 5.91 Å². The molecule has 0 unspecified atom stereocenters. The molecule has 3 aromatic rings. The molecule has 158 valence electrons. The lowest BCUT2D eigenvalue weighted by Crippen LogP contribution is -2.18. The highest BCUT2D eigenvalue weighted by Crippen LogP contribution is 2.35. The predicted octanol–water partition coefficient (Wildman–Crippen LogP) is 4.83. The fraction of sp³-hybridized carbons (Fsp3) is 0.176. The van der Waals surface area contributed by atoms with Gasteiger partial charge in [-0.25, -0.2) is 9.97 Å². The molecule has 30 heavy (non-hydrogen) atoms. The Hall–Kier alpha value is -3.15. The third-order valence-corrected chi connectivity index (χ3v) is 3.88. The summed E-state index contributed by atoms with van der Waals surface area (Å²) < 4.78 is 77.3. The van der Waals surface area contributed by atoms with E-state index in [0.29, 0.717) is 10.9 Å². The highest BCUT2D eigenvalue weighted by atomic mass is 35.5. The largest absolute Gasteiger partial charge is 0.419 e. The molecule has 0 aliphatic carbocycles. The van der Waals surface area contributed by atoms with E-state index >= 15 is 0 Å². The van der Waals surface area contributed by atoms with Crippen molar-refractivity contribution in [2.24, 2.45) is 0 Å². The quantitative estimate of drug-likeness (QED) is 0.457. The maximum Gasteiger partial charge on any atom is 0.419 e. The summed E-state index contributed by atoms with van der Waals surface area (Å²) in [7, 11) is 0. The number of carbonyl (C=O) groups excluding carboxylic acids is 1. The minimum Gasteiger partial charge on any atom is -0.320 e. The molecule has 0 atom stereocenters. The Morgan fingerprint density at radius 3 is 2.53 bits per heavy atom. The summed E-state index contributed by atoms with van der Waals surface area (Å²) in [6.07, 6.45) is -6.57.